The van der Waals surface area contributed by atoms with Crippen LogP contribution in [0.1, 0.15) is 29.5 Å². The summed E-state index contributed by atoms with van der Waals surface area (Å²) in [5, 5.41) is 4.97. The van der Waals surface area contributed by atoms with Gasteiger partial charge in [-0.3, -0.25) is 9.69 Å². The van der Waals surface area contributed by atoms with E-state index in [0.717, 1.165) is 37.6 Å². The molecule has 1 saturated heterocycles. The molecular weight excluding hydrogens is 463 g/mol. The highest BCUT2D eigenvalue weighted by Crippen LogP contribution is 2.38. The van der Waals surface area contributed by atoms with Gasteiger partial charge in [-0.25, -0.2) is 9.97 Å². The highest BCUT2D eigenvalue weighted by molar-refractivity contribution is 7.13. The minimum absolute atomic E-state index is 0.0126. The van der Waals surface area contributed by atoms with Crippen LogP contribution in [0.3, 0.4) is 0 Å². The van der Waals surface area contributed by atoms with E-state index in [1.165, 1.54) is 11.3 Å². The third kappa shape index (κ3) is 4.83. The number of hydrogen-bond donors (Lipinski definition) is 2. The van der Waals surface area contributed by atoms with E-state index in [2.05, 4.69) is 25.2 Å². The van der Waals surface area contributed by atoms with E-state index in [1.807, 2.05) is 0 Å². The summed E-state index contributed by atoms with van der Waals surface area (Å²) in [6, 6.07) is 9.51. The fourth-order valence-electron chi connectivity index (χ4n) is 4.32. The van der Waals surface area contributed by atoms with Gasteiger partial charge in [0.05, 0.1) is 23.0 Å². The first-order valence-electron chi connectivity index (χ1n) is 11.0. The second kappa shape index (κ2) is 9.19. The lowest BCUT2D eigenvalue weighted by Gasteiger charge is -2.17. The lowest BCUT2D eigenvalue weighted by atomic mass is 10.0. The Balaban J connectivity index is 1.49. The van der Waals surface area contributed by atoms with Crippen LogP contribution in [-0.2, 0) is 23.9 Å². The first-order chi connectivity index (χ1) is 16.4. The van der Waals surface area contributed by atoms with Gasteiger partial charge >= 0.3 is 6.18 Å². The predicted molar refractivity (Wildman–Crippen MR) is 125 cm³/mol. The molecule has 2 N–H and O–H groups in total. The molecule has 3 heterocycles. The molecule has 0 radical (unpaired) electrons. The number of nitrogens with zero attached hydrogens (tertiary/aromatic N) is 3. The molecule has 0 unspecified atom stereocenters. The van der Waals surface area contributed by atoms with E-state index < -0.39 is 11.7 Å². The van der Waals surface area contributed by atoms with Crippen molar-refractivity contribution in [3.8, 4) is 11.4 Å². The summed E-state index contributed by atoms with van der Waals surface area (Å²) >= 11 is 1.31. The summed E-state index contributed by atoms with van der Waals surface area (Å²) in [7, 11) is 0. The monoisotopic (exact) mass is 485 g/mol. The Bertz CT molecular complexity index is 1310. The van der Waals surface area contributed by atoms with Crippen molar-refractivity contribution in [3.63, 3.8) is 0 Å². The Morgan fingerprint density at radius 2 is 2.00 bits per heavy atom. The van der Waals surface area contributed by atoms with Gasteiger partial charge in [-0.1, -0.05) is 18.2 Å². The molecular formula is C24H22F3N5OS. The summed E-state index contributed by atoms with van der Waals surface area (Å²) in [5.41, 5.74) is 1.76. The molecule has 0 saturated carbocycles. The van der Waals surface area contributed by atoms with Gasteiger partial charge in [0.1, 0.15) is 5.82 Å². The molecule has 4 aromatic rings. The number of nitrogens with one attached hydrogen (secondary N) is 2. The molecule has 176 valence electrons. The first-order valence-corrected chi connectivity index (χ1v) is 11.8. The largest absolute Gasteiger partial charge is 0.417 e. The molecule has 2 aromatic carbocycles. The highest BCUT2D eigenvalue weighted by atomic mass is 32.1. The number of halogens is 3. The maximum atomic E-state index is 13.8. The van der Waals surface area contributed by atoms with Crippen LogP contribution in [0.4, 0.5) is 18.3 Å². The fraction of sp³-hybridized carbons (Fsp3) is 0.292. The third-order valence-electron chi connectivity index (χ3n) is 5.88. The number of carbonyl (C=O) groups is 1. The zero-order valence-corrected chi connectivity index (χ0v) is 19.0. The van der Waals surface area contributed by atoms with Crippen molar-refractivity contribution in [2.24, 2.45) is 0 Å². The van der Waals surface area contributed by atoms with Gasteiger partial charge in [0.2, 0.25) is 5.91 Å². The number of benzene rings is 2. The number of carbonyl (C=O) groups excluding carboxylic acids is 1. The number of alkyl halides is 3. The summed E-state index contributed by atoms with van der Waals surface area (Å²) in [6.45, 7) is 2.51. The van der Waals surface area contributed by atoms with Crippen molar-refractivity contribution in [3.05, 3.63) is 64.7 Å². The zero-order chi connectivity index (χ0) is 23.7. The number of amides is 1. The van der Waals surface area contributed by atoms with E-state index in [4.69, 9.17) is 0 Å². The SMILES string of the molecule is O=C(Cc1cccc2[nH]c(-c3cc(CN4CCCC4)ccc3C(F)(F)F)nc12)Nc1nccs1. The average molecular weight is 486 g/mol. The third-order valence-corrected chi connectivity index (χ3v) is 6.56. The number of para-hydroxylation sites is 1. The summed E-state index contributed by atoms with van der Waals surface area (Å²) in [4.78, 5) is 26.3. The zero-order valence-electron chi connectivity index (χ0n) is 18.2. The predicted octanol–water partition coefficient (Wildman–Crippen LogP) is 5.48. The second-order valence-electron chi connectivity index (χ2n) is 8.32. The molecule has 1 aliphatic rings. The smallest absolute Gasteiger partial charge is 0.338 e. The Kier molecular flexibility index (Phi) is 6.09. The van der Waals surface area contributed by atoms with E-state index in [1.54, 1.807) is 41.9 Å². The number of likely N-dealkylation sites (tertiary alicyclic amines) is 1. The molecule has 6 nitrogen and oxygen atoms in total. The lowest BCUT2D eigenvalue weighted by molar-refractivity contribution is -0.137. The molecule has 0 bridgehead atoms. The second-order valence-corrected chi connectivity index (χ2v) is 9.22. The van der Waals surface area contributed by atoms with Crippen LogP contribution in [0.5, 0.6) is 0 Å². The number of anilines is 1. The van der Waals surface area contributed by atoms with Crippen LogP contribution in [0.2, 0.25) is 0 Å². The molecule has 0 atom stereocenters. The van der Waals surface area contributed by atoms with E-state index in [-0.39, 0.29) is 23.7 Å². The van der Waals surface area contributed by atoms with Gasteiger partial charge in [-0.2, -0.15) is 13.2 Å². The Morgan fingerprint density at radius 3 is 2.74 bits per heavy atom. The number of thiazole rings is 1. The summed E-state index contributed by atoms with van der Waals surface area (Å²) in [6.07, 6.45) is -0.678. The van der Waals surface area contributed by atoms with Crippen molar-refractivity contribution < 1.29 is 18.0 Å². The van der Waals surface area contributed by atoms with Crippen LogP contribution in [0.15, 0.2) is 48.0 Å². The molecule has 0 aliphatic carbocycles. The topological polar surface area (TPSA) is 73.9 Å². The van der Waals surface area contributed by atoms with Crippen molar-refractivity contribution in [1.82, 2.24) is 19.9 Å². The maximum Gasteiger partial charge on any atom is 0.417 e. The Hall–Kier alpha value is -3.24. The van der Waals surface area contributed by atoms with E-state index in [9.17, 15) is 18.0 Å². The number of rotatable bonds is 6. The van der Waals surface area contributed by atoms with Gasteiger partial charge in [0.15, 0.2) is 5.13 Å². The maximum absolute atomic E-state index is 13.8. The Labute approximate surface area is 197 Å². The van der Waals surface area contributed by atoms with Crippen LogP contribution >= 0.6 is 11.3 Å². The fourth-order valence-corrected chi connectivity index (χ4v) is 4.86. The van der Waals surface area contributed by atoms with Gasteiger partial charge in [-0.05, 0) is 55.3 Å². The van der Waals surface area contributed by atoms with Gasteiger partial charge in [0, 0.05) is 23.7 Å². The van der Waals surface area contributed by atoms with Crippen LogP contribution in [-0.4, -0.2) is 38.8 Å². The molecule has 0 spiro atoms. The molecule has 1 amide bonds. The minimum atomic E-state index is -4.52. The molecule has 5 rings (SSSR count). The van der Waals surface area contributed by atoms with E-state index in [0.29, 0.717) is 28.3 Å². The lowest BCUT2D eigenvalue weighted by Crippen LogP contribution is -2.18. The average Bonchev–Trinajstić information content (AvgIpc) is 3.55. The van der Waals surface area contributed by atoms with Crippen molar-refractivity contribution in [2.75, 3.05) is 18.4 Å². The molecule has 34 heavy (non-hydrogen) atoms. The van der Waals surface area contributed by atoms with Crippen LogP contribution in [0, 0.1) is 0 Å². The molecule has 2 aromatic heterocycles. The normalized spacial score (nSPS) is 14.7. The number of hydrogen-bond acceptors (Lipinski definition) is 5. The first kappa shape index (κ1) is 22.5. The number of fused-ring (bicyclic) bond motifs is 1. The molecule has 10 heteroatoms. The summed E-state index contributed by atoms with van der Waals surface area (Å²) in [5.74, 6) is -0.131. The van der Waals surface area contributed by atoms with Crippen molar-refractivity contribution >= 4 is 33.4 Å². The molecule has 1 aliphatic heterocycles. The minimum Gasteiger partial charge on any atom is -0.338 e. The van der Waals surface area contributed by atoms with Gasteiger partial charge in [-0.15, -0.1) is 11.3 Å². The highest BCUT2D eigenvalue weighted by Gasteiger charge is 2.34. The Morgan fingerprint density at radius 1 is 1.18 bits per heavy atom. The number of aromatic amines is 1. The standard InChI is InChI=1S/C24H22F3N5OS/c25-24(26,27)18-7-6-15(14-32-9-1-2-10-32)12-17(18)22-29-19-5-3-4-16(21(19)31-22)13-20(33)30-23-28-8-11-34-23/h3-8,11-12H,1-2,9-10,13-14H2,(H,29,31)(H,28,30,33). The van der Waals surface area contributed by atoms with E-state index >= 15 is 0 Å². The number of imidazole rings is 1. The van der Waals surface area contributed by atoms with Crippen molar-refractivity contribution in [1.29, 1.82) is 0 Å². The van der Waals surface area contributed by atoms with Crippen LogP contribution < -0.4 is 5.32 Å². The van der Waals surface area contributed by atoms with Crippen molar-refractivity contribution in [2.45, 2.75) is 32.0 Å². The summed E-state index contributed by atoms with van der Waals surface area (Å²) < 4.78 is 41.5. The van der Waals surface area contributed by atoms with Crippen LogP contribution in [0.25, 0.3) is 22.4 Å². The number of aromatic nitrogens is 3. The molecule has 1 fully saturated rings. The van der Waals surface area contributed by atoms with Gasteiger partial charge < -0.3 is 10.3 Å². The quantitative estimate of drug-likeness (QED) is 0.379. The van der Waals surface area contributed by atoms with Gasteiger partial charge in [0.25, 0.3) is 0 Å². The number of H-pyrrole nitrogens is 1.